The molecule has 0 radical (unpaired) electrons. The maximum atomic E-state index is 13.8. The number of benzene rings is 2. The van der Waals surface area contributed by atoms with E-state index in [0.29, 0.717) is 30.4 Å². The first kappa shape index (κ1) is 25.4. The highest BCUT2D eigenvalue weighted by Crippen LogP contribution is 2.28. The number of alkyl halides is 2. The Balaban J connectivity index is 1.22. The van der Waals surface area contributed by atoms with Crippen molar-refractivity contribution in [2.24, 2.45) is 0 Å². The van der Waals surface area contributed by atoms with Gasteiger partial charge in [-0.05, 0) is 42.7 Å². The van der Waals surface area contributed by atoms with Crippen LogP contribution in [0.4, 0.5) is 31.9 Å². The molecular weight excluding hydrogens is 476 g/mol. The number of hydrogen-bond acceptors (Lipinski definition) is 7. The third-order valence-corrected chi connectivity index (χ3v) is 6.90. The van der Waals surface area contributed by atoms with Gasteiger partial charge in [-0.2, -0.15) is 4.98 Å². The van der Waals surface area contributed by atoms with Gasteiger partial charge in [0.25, 0.3) is 0 Å². The fourth-order valence-corrected chi connectivity index (χ4v) is 4.91. The summed E-state index contributed by atoms with van der Waals surface area (Å²) < 4.78 is 33.8. The number of nitrogens with one attached hydrogen (secondary N) is 1. The average Bonchev–Trinajstić information content (AvgIpc) is 3.27. The molecule has 1 unspecified atom stereocenters. The normalized spacial score (nSPS) is 21.9. The van der Waals surface area contributed by atoms with Gasteiger partial charge in [-0.3, -0.25) is 0 Å². The molecule has 2 fully saturated rings. The van der Waals surface area contributed by atoms with E-state index in [-0.39, 0.29) is 25.8 Å². The van der Waals surface area contributed by atoms with Gasteiger partial charge in [0.05, 0.1) is 25.8 Å². The Morgan fingerprint density at radius 3 is 2.46 bits per heavy atom. The Kier molecular flexibility index (Phi) is 8.11. The number of piperidine rings is 1. The fraction of sp³-hybridized carbons (Fsp3) is 0.429. The zero-order valence-corrected chi connectivity index (χ0v) is 20.8. The van der Waals surface area contributed by atoms with Crippen LogP contribution in [0.1, 0.15) is 24.0 Å². The molecule has 0 aliphatic carbocycles. The summed E-state index contributed by atoms with van der Waals surface area (Å²) in [6.45, 7) is 2.24. The van der Waals surface area contributed by atoms with Gasteiger partial charge in [0.1, 0.15) is 5.82 Å². The van der Waals surface area contributed by atoms with Crippen molar-refractivity contribution in [1.82, 2.24) is 9.97 Å². The van der Waals surface area contributed by atoms with Gasteiger partial charge in [-0.1, -0.05) is 30.3 Å². The van der Waals surface area contributed by atoms with E-state index in [1.807, 2.05) is 30.3 Å². The van der Waals surface area contributed by atoms with Gasteiger partial charge < -0.3 is 25.0 Å². The van der Waals surface area contributed by atoms with E-state index in [0.717, 1.165) is 37.3 Å². The van der Waals surface area contributed by atoms with Crippen LogP contribution >= 0.6 is 0 Å². The summed E-state index contributed by atoms with van der Waals surface area (Å²) in [6.07, 6.45) is 1.16. The molecule has 3 aromatic rings. The van der Waals surface area contributed by atoms with Gasteiger partial charge >= 0.3 is 0 Å². The Morgan fingerprint density at radius 2 is 1.73 bits per heavy atom. The van der Waals surface area contributed by atoms with E-state index < -0.39 is 12.3 Å². The number of ether oxygens (including phenoxy) is 1. The van der Waals surface area contributed by atoms with Crippen molar-refractivity contribution >= 4 is 23.1 Å². The summed E-state index contributed by atoms with van der Waals surface area (Å²) >= 11 is 0. The highest BCUT2D eigenvalue weighted by atomic mass is 19.2. The van der Waals surface area contributed by atoms with Crippen molar-refractivity contribution in [3.05, 3.63) is 71.9 Å². The molecule has 2 N–H and O–H groups in total. The van der Waals surface area contributed by atoms with Crippen LogP contribution < -0.4 is 15.1 Å². The molecule has 3 atom stereocenters. The van der Waals surface area contributed by atoms with Crippen LogP contribution in [0.15, 0.2) is 60.8 Å². The molecule has 2 aliphatic rings. The fourth-order valence-electron chi connectivity index (χ4n) is 4.91. The first-order valence-corrected chi connectivity index (χ1v) is 12.9. The Hall–Kier alpha value is -3.30. The molecule has 2 aromatic carbocycles. The monoisotopic (exact) mass is 509 g/mol. The Bertz CT molecular complexity index is 1140. The molecule has 196 valence electrons. The second-order valence-corrected chi connectivity index (χ2v) is 9.63. The molecule has 2 aliphatic heterocycles. The molecule has 3 heterocycles. The summed E-state index contributed by atoms with van der Waals surface area (Å²) in [5.41, 5.74) is 3.78. The van der Waals surface area contributed by atoms with Crippen LogP contribution in [-0.2, 0) is 17.8 Å². The number of aliphatic hydroxyl groups is 1. The molecule has 5 rings (SSSR count). The highest BCUT2D eigenvalue weighted by Gasteiger charge is 2.34. The predicted octanol–water partition coefficient (Wildman–Crippen LogP) is 4.44. The Labute approximate surface area is 216 Å². The van der Waals surface area contributed by atoms with E-state index in [9.17, 15) is 13.9 Å². The van der Waals surface area contributed by atoms with Crippen LogP contribution in [0, 0.1) is 0 Å². The first-order chi connectivity index (χ1) is 18.1. The molecule has 0 spiro atoms. The number of rotatable bonds is 9. The minimum Gasteiger partial charge on any atom is -0.396 e. The third kappa shape index (κ3) is 6.34. The summed E-state index contributed by atoms with van der Waals surface area (Å²) in [4.78, 5) is 12.8. The molecule has 0 saturated carbocycles. The number of halogens is 2. The van der Waals surface area contributed by atoms with Crippen LogP contribution in [0.25, 0.3) is 0 Å². The van der Waals surface area contributed by atoms with Crippen molar-refractivity contribution < 1.29 is 18.6 Å². The zero-order chi connectivity index (χ0) is 25.6. The quantitative estimate of drug-likeness (QED) is 0.442. The molecule has 9 heteroatoms. The van der Waals surface area contributed by atoms with E-state index in [2.05, 4.69) is 44.5 Å². The SMILES string of the molecule is OCCc1cnc(Nc2ccc(N3CCCC(OCc4ccccc4)C3)cc2)nc1N1C[C@H](F)[C@@H](F)C1. The average molecular weight is 510 g/mol. The second-order valence-electron chi connectivity index (χ2n) is 9.63. The lowest BCUT2D eigenvalue weighted by atomic mass is 10.1. The summed E-state index contributed by atoms with van der Waals surface area (Å²) in [6, 6.07) is 18.3. The minimum atomic E-state index is -1.54. The minimum absolute atomic E-state index is 0.0589. The molecule has 0 bridgehead atoms. The molecule has 2 saturated heterocycles. The van der Waals surface area contributed by atoms with Crippen molar-refractivity contribution in [3.63, 3.8) is 0 Å². The van der Waals surface area contributed by atoms with Crippen LogP contribution in [0.2, 0.25) is 0 Å². The van der Waals surface area contributed by atoms with Gasteiger partial charge in [0.15, 0.2) is 12.3 Å². The van der Waals surface area contributed by atoms with Gasteiger partial charge in [0, 0.05) is 49.3 Å². The summed E-state index contributed by atoms with van der Waals surface area (Å²) in [5, 5.41) is 12.6. The zero-order valence-electron chi connectivity index (χ0n) is 20.8. The standard InChI is InChI=1S/C28H33F2N5O2/c29-25-17-35(18-26(25)30)27-21(12-14-36)15-31-28(33-27)32-22-8-10-23(11-9-22)34-13-4-7-24(16-34)37-19-20-5-2-1-3-6-20/h1-3,5-6,8-11,15,24-26,36H,4,7,12-14,16-19H2,(H,31,32,33)/t24?,25-,26-/m0/s1. The van der Waals surface area contributed by atoms with Crippen LogP contribution in [0.5, 0.6) is 0 Å². The van der Waals surface area contributed by atoms with E-state index >= 15 is 0 Å². The summed E-state index contributed by atoms with van der Waals surface area (Å²) in [7, 11) is 0. The van der Waals surface area contributed by atoms with E-state index in [4.69, 9.17) is 4.74 Å². The van der Waals surface area contributed by atoms with Gasteiger partial charge in [0.2, 0.25) is 5.95 Å². The van der Waals surface area contributed by atoms with Crippen molar-refractivity contribution in [2.75, 3.05) is 47.9 Å². The maximum Gasteiger partial charge on any atom is 0.229 e. The predicted molar refractivity (Wildman–Crippen MR) is 141 cm³/mol. The number of hydrogen-bond donors (Lipinski definition) is 2. The molecule has 1 aromatic heterocycles. The van der Waals surface area contributed by atoms with Gasteiger partial charge in [-0.25, -0.2) is 13.8 Å². The molecule has 7 nitrogen and oxygen atoms in total. The highest BCUT2D eigenvalue weighted by molar-refractivity contribution is 5.61. The molecule has 37 heavy (non-hydrogen) atoms. The van der Waals surface area contributed by atoms with Crippen LogP contribution in [0.3, 0.4) is 0 Å². The number of anilines is 4. The number of aromatic nitrogens is 2. The third-order valence-electron chi connectivity index (χ3n) is 6.90. The lowest BCUT2D eigenvalue weighted by Crippen LogP contribution is -2.39. The van der Waals surface area contributed by atoms with Crippen molar-refractivity contribution in [3.8, 4) is 0 Å². The number of aliphatic hydroxyl groups excluding tert-OH is 1. The maximum absolute atomic E-state index is 13.8. The number of nitrogens with zero attached hydrogens (tertiary/aromatic N) is 4. The van der Waals surface area contributed by atoms with Crippen molar-refractivity contribution in [1.29, 1.82) is 0 Å². The topological polar surface area (TPSA) is 73.8 Å². The smallest absolute Gasteiger partial charge is 0.229 e. The van der Waals surface area contributed by atoms with Gasteiger partial charge in [-0.15, -0.1) is 0 Å². The second kappa shape index (κ2) is 11.8. The first-order valence-electron chi connectivity index (χ1n) is 12.9. The lowest BCUT2D eigenvalue weighted by molar-refractivity contribution is 0.0316. The molecule has 0 amide bonds. The summed E-state index contributed by atoms with van der Waals surface area (Å²) in [5.74, 6) is 0.801. The van der Waals surface area contributed by atoms with Crippen molar-refractivity contribution in [2.45, 2.75) is 44.3 Å². The van der Waals surface area contributed by atoms with Crippen LogP contribution in [-0.4, -0.2) is 66.3 Å². The van der Waals surface area contributed by atoms with E-state index in [1.54, 1.807) is 11.1 Å². The largest absolute Gasteiger partial charge is 0.396 e. The van der Waals surface area contributed by atoms with E-state index in [1.165, 1.54) is 5.56 Å². The lowest BCUT2D eigenvalue weighted by Gasteiger charge is -2.34. The Morgan fingerprint density at radius 1 is 0.973 bits per heavy atom. The molecular formula is C28H33F2N5O2.